The molecule has 1 atom stereocenters. The minimum atomic E-state index is 0.195. The molecule has 0 aliphatic heterocycles. The van der Waals surface area contributed by atoms with Crippen LogP contribution in [0.3, 0.4) is 0 Å². The highest BCUT2D eigenvalue weighted by atomic mass is 127. The second kappa shape index (κ2) is 7.93. The summed E-state index contributed by atoms with van der Waals surface area (Å²) >= 11 is 2.37. The molecule has 0 fully saturated rings. The third-order valence-corrected chi connectivity index (χ3v) is 3.44. The van der Waals surface area contributed by atoms with Crippen LogP contribution in [0.1, 0.15) is 31.9 Å². The average Bonchev–Trinajstić information content (AvgIpc) is 2.34. The van der Waals surface area contributed by atoms with E-state index in [0.717, 1.165) is 23.2 Å². The third kappa shape index (κ3) is 5.25. The lowest BCUT2D eigenvalue weighted by Crippen LogP contribution is -2.08. The van der Waals surface area contributed by atoms with E-state index < -0.39 is 0 Å². The minimum Gasteiger partial charge on any atom is -0.497 e. The van der Waals surface area contributed by atoms with E-state index in [1.54, 1.807) is 7.11 Å². The lowest BCUT2D eigenvalue weighted by Gasteiger charge is -2.17. The van der Waals surface area contributed by atoms with Crippen LogP contribution in [-0.4, -0.2) is 18.1 Å². The Morgan fingerprint density at radius 1 is 1.18 bits per heavy atom. The summed E-state index contributed by atoms with van der Waals surface area (Å²) < 4.78 is 12.0. The molecule has 0 aromatic heterocycles. The van der Waals surface area contributed by atoms with Crippen molar-refractivity contribution in [2.75, 3.05) is 18.1 Å². The highest BCUT2D eigenvalue weighted by Crippen LogP contribution is 2.23. The molecule has 0 bridgehead atoms. The summed E-state index contributed by atoms with van der Waals surface area (Å²) in [5, 5.41) is 0. The van der Waals surface area contributed by atoms with Gasteiger partial charge in [0.25, 0.3) is 0 Å². The highest BCUT2D eigenvalue weighted by Gasteiger charge is 2.10. The number of halogens is 1. The summed E-state index contributed by atoms with van der Waals surface area (Å²) in [5.41, 5.74) is 1.23. The summed E-state index contributed by atoms with van der Waals surface area (Å²) in [6.07, 6.45) is 1.31. The monoisotopic (exact) mass is 348 g/mol. The van der Waals surface area contributed by atoms with Crippen molar-refractivity contribution < 1.29 is 9.47 Å². The number of hydrogen-bond acceptors (Lipinski definition) is 2. The van der Waals surface area contributed by atoms with Gasteiger partial charge in [-0.3, -0.25) is 0 Å². The van der Waals surface area contributed by atoms with Crippen LogP contribution >= 0.6 is 22.6 Å². The Labute approximate surface area is 118 Å². The predicted molar refractivity (Wildman–Crippen MR) is 80.0 cm³/mol. The van der Waals surface area contributed by atoms with E-state index in [4.69, 9.17) is 9.47 Å². The van der Waals surface area contributed by atoms with Gasteiger partial charge in [-0.2, -0.15) is 0 Å². The second-order valence-corrected chi connectivity index (χ2v) is 5.35. The van der Waals surface area contributed by atoms with Gasteiger partial charge in [0.1, 0.15) is 5.75 Å². The van der Waals surface area contributed by atoms with Gasteiger partial charge >= 0.3 is 0 Å². The molecule has 1 unspecified atom stereocenters. The van der Waals surface area contributed by atoms with Crippen molar-refractivity contribution in [3.63, 3.8) is 0 Å². The first-order valence-corrected chi connectivity index (χ1v) is 7.51. The van der Waals surface area contributed by atoms with E-state index in [9.17, 15) is 0 Å². The lowest BCUT2D eigenvalue weighted by molar-refractivity contribution is 0.0633. The van der Waals surface area contributed by atoms with Gasteiger partial charge < -0.3 is 9.47 Å². The summed E-state index contributed by atoms with van der Waals surface area (Å²) in [5.74, 6) is 1.59. The van der Waals surface area contributed by atoms with Gasteiger partial charge in [0.2, 0.25) is 0 Å². The van der Waals surface area contributed by atoms with Crippen molar-refractivity contribution in [3.05, 3.63) is 29.8 Å². The fraction of sp³-hybridized carbons (Fsp3) is 0.571. The topological polar surface area (TPSA) is 18.5 Å². The zero-order valence-electron chi connectivity index (χ0n) is 10.8. The zero-order valence-corrected chi connectivity index (χ0v) is 12.9. The van der Waals surface area contributed by atoms with Crippen LogP contribution in [-0.2, 0) is 4.74 Å². The van der Waals surface area contributed by atoms with E-state index in [1.807, 2.05) is 12.1 Å². The van der Waals surface area contributed by atoms with Gasteiger partial charge in [-0.25, -0.2) is 0 Å². The number of alkyl halides is 1. The van der Waals surface area contributed by atoms with Gasteiger partial charge in [-0.05, 0) is 30.0 Å². The number of benzene rings is 1. The summed E-state index contributed by atoms with van der Waals surface area (Å²) in [4.78, 5) is 0. The Kier molecular flexibility index (Phi) is 6.89. The van der Waals surface area contributed by atoms with Crippen LogP contribution < -0.4 is 4.74 Å². The standard InChI is InChI=1S/C14H21IO2/c1-11(2)8-9-17-14(10-15)12-4-6-13(16-3)7-5-12/h4-7,11,14H,8-10H2,1-3H3. The second-order valence-electron chi connectivity index (χ2n) is 4.47. The molecule has 1 aromatic carbocycles. The maximum atomic E-state index is 5.91. The molecule has 0 radical (unpaired) electrons. The Hall–Kier alpha value is -0.290. The van der Waals surface area contributed by atoms with Crippen LogP contribution in [0.25, 0.3) is 0 Å². The maximum Gasteiger partial charge on any atom is 0.118 e. The predicted octanol–water partition coefficient (Wildman–Crippen LogP) is 4.23. The molecule has 0 saturated heterocycles. The number of methoxy groups -OCH3 is 1. The van der Waals surface area contributed by atoms with E-state index in [-0.39, 0.29) is 6.10 Å². The molecule has 2 nitrogen and oxygen atoms in total. The number of ether oxygens (including phenoxy) is 2. The Bertz CT molecular complexity index is 309. The first kappa shape index (κ1) is 14.8. The van der Waals surface area contributed by atoms with Crippen LogP contribution in [0, 0.1) is 5.92 Å². The zero-order chi connectivity index (χ0) is 12.7. The van der Waals surface area contributed by atoms with E-state index >= 15 is 0 Å². The molecule has 0 spiro atoms. The van der Waals surface area contributed by atoms with E-state index in [0.29, 0.717) is 5.92 Å². The molecule has 0 saturated carbocycles. The minimum absolute atomic E-state index is 0.195. The lowest BCUT2D eigenvalue weighted by atomic mass is 10.1. The largest absolute Gasteiger partial charge is 0.497 e. The first-order chi connectivity index (χ1) is 8.17. The molecule has 0 heterocycles. The van der Waals surface area contributed by atoms with Crippen LogP contribution in [0.15, 0.2) is 24.3 Å². The maximum absolute atomic E-state index is 5.91. The molecule has 0 aliphatic rings. The van der Waals surface area contributed by atoms with Crippen molar-refractivity contribution in [1.29, 1.82) is 0 Å². The van der Waals surface area contributed by atoms with Crippen LogP contribution in [0.2, 0.25) is 0 Å². The van der Waals surface area contributed by atoms with Crippen molar-refractivity contribution in [1.82, 2.24) is 0 Å². The van der Waals surface area contributed by atoms with Gasteiger partial charge in [-0.15, -0.1) is 0 Å². The van der Waals surface area contributed by atoms with Gasteiger partial charge in [0.15, 0.2) is 0 Å². The third-order valence-electron chi connectivity index (χ3n) is 2.64. The Morgan fingerprint density at radius 2 is 1.82 bits per heavy atom. The molecular weight excluding hydrogens is 327 g/mol. The Morgan fingerprint density at radius 3 is 2.29 bits per heavy atom. The van der Waals surface area contributed by atoms with Gasteiger partial charge in [0.05, 0.1) is 13.2 Å². The van der Waals surface area contributed by atoms with Crippen molar-refractivity contribution in [3.8, 4) is 5.75 Å². The van der Waals surface area contributed by atoms with Crippen molar-refractivity contribution in [2.45, 2.75) is 26.4 Å². The molecule has 96 valence electrons. The molecule has 1 rings (SSSR count). The van der Waals surface area contributed by atoms with E-state index in [1.165, 1.54) is 5.56 Å². The first-order valence-electron chi connectivity index (χ1n) is 5.99. The van der Waals surface area contributed by atoms with Crippen LogP contribution in [0.5, 0.6) is 5.75 Å². The average molecular weight is 348 g/mol. The number of rotatable bonds is 7. The van der Waals surface area contributed by atoms with E-state index in [2.05, 4.69) is 48.6 Å². The number of hydrogen-bond donors (Lipinski definition) is 0. The van der Waals surface area contributed by atoms with Gasteiger partial charge in [-0.1, -0.05) is 48.6 Å². The normalized spacial score (nSPS) is 12.8. The SMILES string of the molecule is COc1ccc(C(CI)OCCC(C)C)cc1. The summed E-state index contributed by atoms with van der Waals surface area (Å²) in [6, 6.07) is 8.13. The fourth-order valence-corrected chi connectivity index (χ4v) is 2.26. The Balaban J connectivity index is 2.53. The van der Waals surface area contributed by atoms with Gasteiger partial charge in [0, 0.05) is 11.0 Å². The molecular formula is C14H21IO2. The highest BCUT2D eigenvalue weighted by molar-refractivity contribution is 14.1. The fourth-order valence-electron chi connectivity index (χ4n) is 1.49. The van der Waals surface area contributed by atoms with Crippen LogP contribution in [0.4, 0.5) is 0 Å². The van der Waals surface area contributed by atoms with Crippen molar-refractivity contribution in [2.24, 2.45) is 5.92 Å². The molecule has 0 amide bonds. The quantitative estimate of drug-likeness (QED) is 0.542. The molecule has 1 aromatic rings. The molecule has 3 heteroatoms. The summed E-state index contributed by atoms with van der Waals surface area (Å²) in [6.45, 7) is 5.27. The van der Waals surface area contributed by atoms with Crippen molar-refractivity contribution >= 4 is 22.6 Å². The smallest absolute Gasteiger partial charge is 0.118 e. The summed E-state index contributed by atoms with van der Waals surface area (Å²) in [7, 11) is 1.68. The molecule has 17 heavy (non-hydrogen) atoms. The molecule has 0 N–H and O–H groups in total. The molecule has 0 aliphatic carbocycles.